The van der Waals surface area contributed by atoms with Crippen molar-refractivity contribution in [1.82, 2.24) is 0 Å². The molecule has 0 aliphatic carbocycles. The summed E-state index contributed by atoms with van der Waals surface area (Å²) in [6.07, 6.45) is -0.549. The Balaban J connectivity index is 2.06. The molecule has 0 saturated carbocycles. The van der Waals surface area contributed by atoms with Crippen molar-refractivity contribution < 1.29 is 9.84 Å². The number of aliphatic hydroxyl groups is 1. The van der Waals surface area contributed by atoms with Gasteiger partial charge in [0.25, 0.3) is 0 Å². The fraction of sp³-hybridized carbons (Fsp3) is 0.250. The molecule has 0 aliphatic heterocycles. The van der Waals surface area contributed by atoms with Gasteiger partial charge >= 0.3 is 0 Å². The van der Waals surface area contributed by atoms with Gasteiger partial charge in [0, 0.05) is 11.8 Å². The monoisotopic (exact) mass is 257 g/mol. The Hall–Kier alpha value is -2.00. The molecule has 0 saturated heterocycles. The SMILES string of the molecule is COc1cccc(N[C@H](C)[C@@H](O)c2ccccc2)c1. The van der Waals surface area contributed by atoms with Crippen molar-refractivity contribution in [2.45, 2.75) is 19.1 Å². The summed E-state index contributed by atoms with van der Waals surface area (Å²) in [4.78, 5) is 0. The minimum Gasteiger partial charge on any atom is -0.497 e. The molecule has 0 bridgehead atoms. The molecule has 2 rings (SSSR count). The summed E-state index contributed by atoms with van der Waals surface area (Å²) in [6, 6.07) is 17.2. The molecule has 0 unspecified atom stereocenters. The number of methoxy groups -OCH3 is 1. The summed E-state index contributed by atoms with van der Waals surface area (Å²) in [5, 5.41) is 13.6. The molecule has 100 valence electrons. The third-order valence-electron chi connectivity index (χ3n) is 3.08. The lowest BCUT2D eigenvalue weighted by Crippen LogP contribution is -2.24. The Bertz CT molecular complexity index is 513. The lowest BCUT2D eigenvalue weighted by atomic mass is 10.0. The smallest absolute Gasteiger partial charge is 0.120 e. The van der Waals surface area contributed by atoms with E-state index < -0.39 is 6.10 Å². The van der Waals surface area contributed by atoms with E-state index in [1.165, 1.54) is 0 Å². The van der Waals surface area contributed by atoms with Crippen LogP contribution in [0.25, 0.3) is 0 Å². The first kappa shape index (κ1) is 13.4. The molecule has 2 N–H and O–H groups in total. The van der Waals surface area contributed by atoms with E-state index in [1.54, 1.807) is 7.11 Å². The van der Waals surface area contributed by atoms with E-state index in [4.69, 9.17) is 4.74 Å². The molecule has 2 aromatic rings. The Morgan fingerprint density at radius 2 is 1.79 bits per heavy atom. The van der Waals surface area contributed by atoms with E-state index in [2.05, 4.69) is 5.32 Å². The summed E-state index contributed by atoms with van der Waals surface area (Å²) in [5.41, 5.74) is 1.84. The number of rotatable bonds is 5. The topological polar surface area (TPSA) is 41.5 Å². The maximum absolute atomic E-state index is 10.3. The zero-order chi connectivity index (χ0) is 13.7. The van der Waals surface area contributed by atoms with Crippen molar-refractivity contribution in [2.24, 2.45) is 0 Å². The van der Waals surface area contributed by atoms with Crippen LogP contribution in [0, 0.1) is 0 Å². The van der Waals surface area contributed by atoms with Gasteiger partial charge in [0.2, 0.25) is 0 Å². The van der Waals surface area contributed by atoms with Crippen molar-refractivity contribution in [2.75, 3.05) is 12.4 Å². The summed E-state index contributed by atoms with van der Waals surface area (Å²) < 4.78 is 5.18. The van der Waals surface area contributed by atoms with Crippen LogP contribution < -0.4 is 10.1 Å². The predicted octanol–water partition coefficient (Wildman–Crippen LogP) is 3.23. The highest BCUT2D eigenvalue weighted by atomic mass is 16.5. The van der Waals surface area contributed by atoms with Gasteiger partial charge in [-0.05, 0) is 24.6 Å². The van der Waals surface area contributed by atoms with Crippen LogP contribution in [0.5, 0.6) is 5.75 Å². The number of anilines is 1. The molecule has 2 atom stereocenters. The largest absolute Gasteiger partial charge is 0.497 e. The average molecular weight is 257 g/mol. The highest BCUT2D eigenvalue weighted by Gasteiger charge is 2.15. The third kappa shape index (κ3) is 3.48. The van der Waals surface area contributed by atoms with Crippen molar-refractivity contribution in [3.63, 3.8) is 0 Å². The van der Waals surface area contributed by atoms with Crippen LogP contribution in [0.3, 0.4) is 0 Å². The highest BCUT2D eigenvalue weighted by molar-refractivity contribution is 5.49. The molecule has 19 heavy (non-hydrogen) atoms. The van der Waals surface area contributed by atoms with Gasteiger partial charge in [-0.25, -0.2) is 0 Å². The second-order valence-corrected chi connectivity index (χ2v) is 4.52. The Morgan fingerprint density at radius 3 is 2.47 bits per heavy atom. The molecule has 0 radical (unpaired) electrons. The molecule has 0 amide bonds. The van der Waals surface area contributed by atoms with E-state index in [9.17, 15) is 5.11 Å². The highest BCUT2D eigenvalue weighted by Crippen LogP contribution is 2.22. The van der Waals surface area contributed by atoms with Crippen LogP contribution in [0.1, 0.15) is 18.6 Å². The van der Waals surface area contributed by atoms with E-state index in [0.29, 0.717) is 0 Å². The predicted molar refractivity (Wildman–Crippen MR) is 77.5 cm³/mol. The van der Waals surface area contributed by atoms with Gasteiger partial charge in [-0.15, -0.1) is 0 Å². The summed E-state index contributed by atoms with van der Waals surface area (Å²) in [7, 11) is 1.64. The number of hydrogen-bond acceptors (Lipinski definition) is 3. The first-order valence-electron chi connectivity index (χ1n) is 6.34. The Kier molecular flexibility index (Phi) is 4.42. The zero-order valence-corrected chi connectivity index (χ0v) is 11.2. The van der Waals surface area contributed by atoms with Gasteiger partial charge in [0.05, 0.1) is 19.3 Å². The maximum atomic E-state index is 10.3. The molecule has 0 fully saturated rings. The van der Waals surface area contributed by atoms with Gasteiger partial charge < -0.3 is 15.2 Å². The maximum Gasteiger partial charge on any atom is 0.120 e. The second kappa shape index (κ2) is 6.25. The van der Waals surface area contributed by atoms with Crippen molar-refractivity contribution in [3.05, 3.63) is 60.2 Å². The summed E-state index contributed by atoms with van der Waals surface area (Å²) in [5.74, 6) is 0.798. The average Bonchev–Trinajstić information content (AvgIpc) is 2.47. The van der Waals surface area contributed by atoms with Crippen molar-refractivity contribution in [1.29, 1.82) is 0 Å². The van der Waals surface area contributed by atoms with Crippen LogP contribution in [-0.4, -0.2) is 18.3 Å². The lowest BCUT2D eigenvalue weighted by molar-refractivity contribution is 0.161. The minimum atomic E-state index is -0.549. The number of benzene rings is 2. The number of hydrogen-bond donors (Lipinski definition) is 2. The van der Waals surface area contributed by atoms with Crippen LogP contribution in [-0.2, 0) is 0 Å². The van der Waals surface area contributed by atoms with E-state index >= 15 is 0 Å². The van der Waals surface area contributed by atoms with Gasteiger partial charge in [0.15, 0.2) is 0 Å². The molecular formula is C16H19NO2. The number of ether oxygens (including phenoxy) is 1. The molecule has 3 heteroatoms. The standard InChI is InChI=1S/C16H19NO2/c1-12(16(18)13-7-4-3-5-8-13)17-14-9-6-10-15(11-14)19-2/h3-12,16-18H,1-2H3/t12-,16-/m1/s1. The van der Waals surface area contributed by atoms with Crippen LogP contribution in [0.15, 0.2) is 54.6 Å². The van der Waals surface area contributed by atoms with Gasteiger partial charge in [0.1, 0.15) is 5.75 Å². The fourth-order valence-electron chi connectivity index (χ4n) is 1.99. The molecule has 2 aromatic carbocycles. The Labute approximate surface area is 113 Å². The number of aliphatic hydroxyl groups excluding tert-OH is 1. The zero-order valence-electron chi connectivity index (χ0n) is 11.2. The minimum absolute atomic E-state index is 0.0884. The molecule has 3 nitrogen and oxygen atoms in total. The fourth-order valence-corrected chi connectivity index (χ4v) is 1.99. The first-order chi connectivity index (χ1) is 9.20. The molecule has 0 spiro atoms. The van der Waals surface area contributed by atoms with Crippen LogP contribution in [0.2, 0.25) is 0 Å². The van der Waals surface area contributed by atoms with Gasteiger partial charge in [-0.1, -0.05) is 36.4 Å². The second-order valence-electron chi connectivity index (χ2n) is 4.52. The Morgan fingerprint density at radius 1 is 1.05 bits per heavy atom. The quantitative estimate of drug-likeness (QED) is 0.864. The normalized spacial score (nSPS) is 13.6. The number of nitrogens with one attached hydrogen (secondary N) is 1. The van der Waals surface area contributed by atoms with Gasteiger partial charge in [-0.3, -0.25) is 0 Å². The molecule has 0 aliphatic rings. The van der Waals surface area contributed by atoms with Crippen molar-refractivity contribution in [3.8, 4) is 5.75 Å². The summed E-state index contributed by atoms with van der Waals surface area (Å²) in [6.45, 7) is 1.96. The molecule has 0 heterocycles. The van der Waals surface area contributed by atoms with E-state index in [0.717, 1.165) is 17.0 Å². The van der Waals surface area contributed by atoms with Crippen LogP contribution >= 0.6 is 0 Å². The van der Waals surface area contributed by atoms with E-state index in [1.807, 2.05) is 61.5 Å². The van der Waals surface area contributed by atoms with Gasteiger partial charge in [-0.2, -0.15) is 0 Å². The van der Waals surface area contributed by atoms with Crippen LogP contribution in [0.4, 0.5) is 5.69 Å². The third-order valence-corrected chi connectivity index (χ3v) is 3.08. The molecular weight excluding hydrogens is 238 g/mol. The van der Waals surface area contributed by atoms with E-state index in [-0.39, 0.29) is 6.04 Å². The first-order valence-corrected chi connectivity index (χ1v) is 6.34. The van der Waals surface area contributed by atoms with Crippen molar-refractivity contribution >= 4 is 5.69 Å². The lowest BCUT2D eigenvalue weighted by Gasteiger charge is -2.22. The summed E-state index contributed by atoms with van der Waals surface area (Å²) >= 11 is 0. The molecule has 0 aromatic heterocycles.